The number of nitrogens with zero attached hydrogens (tertiary/aromatic N) is 2. The van der Waals surface area contributed by atoms with E-state index in [1.54, 1.807) is 0 Å². The highest BCUT2D eigenvalue weighted by Crippen LogP contribution is 2.29. The van der Waals surface area contributed by atoms with Gasteiger partial charge in [-0.3, -0.25) is 19.1 Å². The van der Waals surface area contributed by atoms with E-state index in [1.807, 2.05) is 6.92 Å². The normalized spacial score (nSPS) is 15.0. The number of carbonyl (C=O) groups excluding carboxylic acids is 1. The number of H-pyrrole nitrogens is 1. The van der Waals surface area contributed by atoms with Gasteiger partial charge < -0.3 is 10.6 Å². The monoisotopic (exact) mass is 342 g/mol. The van der Waals surface area contributed by atoms with E-state index in [1.165, 1.54) is 9.47 Å². The van der Waals surface area contributed by atoms with Crippen molar-refractivity contribution in [3.63, 3.8) is 0 Å². The van der Waals surface area contributed by atoms with Crippen LogP contribution in [0, 0.1) is 0 Å². The molecular formula is C15H23ClN4O3. The topological polar surface area (TPSA) is 101 Å². The van der Waals surface area contributed by atoms with Gasteiger partial charge in [0.2, 0.25) is 5.91 Å². The first-order valence-corrected chi connectivity index (χ1v) is 8.55. The summed E-state index contributed by atoms with van der Waals surface area (Å²) in [6.07, 6.45) is 5.22. The number of nitrogens with two attached hydrogens (primary N) is 1. The van der Waals surface area contributed by atoms with Crippen LogP contribution in [0.5, 0.6) is 0 Å². The molecule has 0 aromatic carbocycles. The van der Waals surface area contributed by atoms with Gasteiger partial charge in [-0.15, -0.1) is 11.6 Å². The zero-order valence-electron chi connectivity index (χ0n) is 13.3. The quantitative estimate of drug-likeness (QED) is 0.763. The lowest BCUT2D eigenvalue weighted by Gasteiger charge is -2.29. The van der Waals surface area contributed by atoms with Gasteiger partial charge in [0.1, 0.15) is 11.7 Å². The smallest absolute Gasteiger partial charge is 0.330 e. The molecule has 0 atom stereocenters. The van der Waals surface area contributed by atoms with Gasteiger partial charge in [0, 0.05) is 12.6 Å². The number of nitrogens with one attached hydrogen (secondary N) is 1. The molecule has 1 aliphatic carbocycles. The van der Waals surface area contributed by atoms with E-state index >= 15 is 0 Å². The SMILES string of the molecule is CCCCn1c(N)c(N(C(=O)CCl)C2CCCC2)c(=O)[nH]c1=O. The van der Waals surface area contributed by atoms with Crippen molar-refractivity contribution in [2.24, 2.45) is 0 Å². The molecule has 1 aromatic heterocycles. The minimum atomic E-state index is -0.634. The van der Waals surface area contributed by atoms with E-state index in [-0.39, 0.29) is 29.3 Å². The van der Waals surface area contributed by atoms with E-state index in [9.17, 15) is 14.4 Å². The molecule has 128 valence electrons. The van der Waals surface area contributed by atoms with Gasteiger partial charge in [-0.25, -0.2) is 4.79 Å². The van der Waals surface area contributed by atoms with Crippen molar-refractivity contribution < 1.29 is 4.79 Å². The predicted octanol–water partition coefficient (Wildman–Crippen LogP) is 1.43. The minimum absolute atomic E-state index is 0.0394. The van der Waals surface area contributed by atoms with E-state index in [0.717, 1.165) is 38.5 Å². The lowest BCUT2D eigenvalue weighted by molar-refractivity contribution is -0.116. The average Bonchev–Trinajstić information content (AvgIpc) is 3.04. The number of amides is 1. The maximum atomic E-state index is 12.3. The molecule has 1 saturated carbocycles. The number of carbonyl (C=O) groups is 1. The highest BCUT2D eigenvalue weighted by molar-refractivity contribution is 6.29. The van der Waals surface area contributed by atoms with Gasteiger partial charge in [-0.1, -0.05) is 26.2 Å². The fourth-order valence-electron chi connectivity index (χ4n) is 3.09. The van der Waals surface area contributed by atoms with Crippen molar-refractivity contribution in [1.29, 1.82) is 0 Å². The molecule has 1 heterocycles. The molecule has 8 heteroatoms. The Labute approximate surface area is 139 Å². The Kier molecular flexibility index (Phi) is 5.87. The van der Waals surface area contributed by atoms with Gasteiger partial charge in [0.25, 0.3) is 5.56 Å². The first kappa shape index (κ1) is 17.6. The molecule has 0 saturated heterocycles. The number of halogens is 1. The molecule has 0 radical (unpaired) electrons. The summed E-state index contributed by atoms with van der Waals surface area (Å²) in [5.41, 5.74) is 4.97. The molecule has 1 aliphatic rings. The van der Waals surface area contributed by atoms with Crippen molar-refractivity contribution in [1.82, 2.24) is 9.55 Å². The fourth-order valence-corrected chi connectivity index (χ4v) is 3.21. The molecule has 1 fully saturated rings. The number of aromatic amines is 1. The summed E-state index contributed by atoms with van der Waals surface area (Å²) in [5.74, 6) is -0.558. The second-order valence-corrected chi connectivity index (χ2v) is 6.10. The Balaban J connectivity index is 2.55. The third kappa shape index (κ3) is 3.60. The number of hydrogen-bond acceptors (Lipinski definition) is 4. The Morgan fingerprint density at radius 2 is 2.04 bits per heavy atom. The number of hydrogen-bond donors (Lipinski definition) is 2. The van der Waals surface area contributed by atoms with Gasteiger partial charge in [-0.05, 0) is 19.3 Å². The summed E-state index contributed by atoms with van der Waals surface area (Å²) in [6.45, 7) is 2.40. The maximum absolute atomic E-state index is 12.3. The highest BCUT2D eigenvalue weighted by Gasteiger charge is 2.31. The van der Waals surface area contributed by atoms with Crippen LogP contribution in [0.2, 0.25) is 0 Å². The standard InChI is InChI=1S/C15H23ClN4O3/c1-2-3-8-19-13(17)12(14(22)18-15(19)23)20(11(21)9-16)10-6-4-5-7-10/h10H,2-9,17H2,1H3,(H,18,22,23). The molecule has 23 heavy (non-hydrogen) atoms. The van der Waals surface area contributed by atoms with Crippen molar-refractivity contribution in [2.45, 2.75) is 58.0 Å². The molecule has 0 bridgehead atoms. The number of alkyl halides is 1. The molecule has 7 nitrogen and oxygen atoms in total. The van der Waals surface area contributed by atoms with Crippen LogP contribution in [0.4, 0.5) is 11.5 Å². The van der Waals surface area contributed by atoms with E-state index in [4.69, 9.17) is 17.3 Å². The number of unbranched alkanes of at least 4 members (excludes halogenated alkanes) is 1. The summed E-state index contributed by atoms with van der Waals surface area (Å²) in [7, 11) is 0. The van der Waals surface area contributed by atoms with Gasteiger partial charge >= 0.3 is 5.69 Å². The molecule has 1 aromatic rings. The summed E-state index contributed by atoms with van der Waals surface area (Å²) in [4.78, 5) is 40.3. The Morgan fingerprint density at radius 1 is 1.39 bits per heavy atom. The maximum Gasteiger partial charge on any atom is 0.330 e. The lowest BCUT2D eigenvalue weighted by atomic mass is 10.2. The van der Waals surface area contributed by atoms with Crippen LogP contribution in [0.3, 0.4) is 0 Å². The Bertz CT molecular complexity index is 676. The second-order valence-electron chi connectivity index (χ2n) is 5.83. The van der Waals surface area contributed by atoms with Crippen LogP contribution < -0.4 is 21.9 Å². The van der Waals surface area contributed by atoms with Crippen LogP contribution >= 0.6 is 11.6 Å². The van der Waals surface area contributed by atoms with Gasteiger partial charge in [0.05, 0.1) is 0 Å². The molecule has 0 aliphatic heterocycles. The summed E-state index contributed by atoms with van der Waals surface area (Å²) in [6, 6.07) is -0.0956. The molecular weight excluding hydrogens is 320 g/mol. The van der Waals surface area contributed by atoms with Gasteiger partial charge in [0.15, 0.2) is 5.69 Å². The molecule has 1 amide bonds. The van der Waals surface area contributed by atoms with E-state index in [2.05, 4.69) is 4.98 Å². The van der Waals surface area contributed by atoms with Gasteiger partial charge in [-0.2, -0.15) is 0 Å². The number of aromatic nitrogens is 2. The summed E-state index contributed by atoms with van der Waals surface area (Å²) < 4.78 is 1.32. The number of rotatable bonds is 6. The van der Waals surface area contributed by atoms with E-state index < -0.39 is 11.2 Å². The zero-order chi connectivity index (χ0) is 17.0. The first-order chi connectivity index (χ1) is 11.0. The molecule has 3 N–H and O–H groups in total. The Morgan fingerprint density at radius 3 is 2.61 bits per heavy atom. The van der Waals surface area contributed by atoms with Crippen molar-refractivity contribution >= 4 is 29.0 Å². The first-order valence-electron chi connectivity index (χ1n) is 8.01. The zero-order valence-corrected chi connectivity index (χ0v) is 14.1. The fraction of sp³-hybridized carbons (Fsp3) is 0.667. The largest absolute Gasteiger partial charge is 0.383 e. The average molecular weight is 343 g/mol. The van der Waals surface area contributed by atoms with Crippen molar-refractivity contribution in [3.8, 4) is 0 Å². The molecule has 2 rings (SSSR count). The van der Waals surface area contributed by atoms with Crippen molar-refractivity contribution in [2.75, 3.05) is 16.5 Å². The third-order valence-electron chi connectivity index (χ3n) is 4.26. The third-order valence-corrected chi connectivity index (χ3v) is 4.49. The molecule has 0 unspecified atom stereocenters. The number of anilines is 2. The van der Waals surface area contributed by atoms with E-state index in [0.29, 0.717) is 6.54 Å². The Hall–Kier alpha value is -1.76. The lowest BCUT2D eigenvalue weighted by Crippen LogP contribution is -2.46. The van der Waals surface area contributed by atoms with Crippen LogP contribution in [0.25, 0.3) is 0 Å². The minimum Gasteiger partial charge on any atom is -0.383 e. The predicted molar refractivity (Wildman–Crippen MR) is 91.1 cm³/mol. The number of nitrogen functional groups attached to an aromatic ring is 1. The van der Waals surface area contributed by atoms with Crippen LogP contribution in [0.15, 0.2) is 9.59 Å². The highest BCUT2D eigenvalue weighted by atomic mass is 35.5. The van der Waals surface area contributed by atoms with Crippen LogP contribution in [-0.4, -0.2) is 27.4 Å². The summed E-state index contributed by atoms with van der Waals surface area (Å²) >= 11 is 5.72. The summed E-state index contributed by atoms with van der Waals surface area (Å²) in [5, 5.41) is 0. The van der Waals surface area contributed by atoms with Crippen LogP contribution in [0.1, 0.15) is 45.4 Å². The van der Waals surface area contributed by atoms with Crippen LogP contribution in [-0.2, 0) is 11.3 Å². The molecule has 0 spiro atoms. The second kappa shape index (κ2) is 7.68. The van der Waals surface area contributed by atoms with Crippen molar-refractivity contribution in [3.05, 3.63) is 20.8 Å².